The number of likely N-dealkylation sites (tertiary alicyclic amines) is 1. The zero-order valence-corrected chi connectivity index (χ0v) is 7.82. The lowest BCUT2D eigenvalue weighted by molar-refractivity contribution is -0.150. The summed E-state index contributed by atoms with van der Waals surface area (Å²) in [5.74, 6) is 0.0127. The molecule has 0 aromatic heterocycles. The van der Waals surface area contributed by atoms with Crippen LogP contribution in [0, 0.1) is 0 Å². The second kappa shape index (κ2) is 3.41. The van der Waals surface area contributed by atoms with Gasteiger partial charge in [-0.05, 0) is 26.9 Å². The van der Waals surface area contributed by atoms with Gasteiger partial charge in [-0.1, -0.05) is 0 Å². The molecule has 0 radical (unpaired) electrons. The third-order valence-electron chi connectivity index (χ3n) is 2.40. The average molecular weight is 172 g/mol. The van der Waals surface area contributed by atoms with E-state index in [1.54, 1.807) is 7.05 Å². The average Bonchev–Trinajstić information content (AvgIpc) is 2.00. The Kier molecular flexibility index (Phi) is 2.69. The van der Waals surface area contributed by atoms with Crippen LogP contribution in [0.1, 0.15) is 12.8 Å². The van der Waals surface area contributed by atoms with E-state index in [1.807, 2.05) is 19.0 Å². The molecule has 1 aliphatic heterocycles. The molecule has 1 rings (SSSR count). The fourth-order valence-corrected chi connectivity index (χ4v) is 1.49. The molecule has 0 unspecified atom stereocenters. The molecule has 4 nitrogen and oxygen atoms in total. The minimum atomic E-state index is -0.589. The van der Waals surface area contributed by atoms with Crippen LogP contribution in [0.5, 0.6) is 0 Å². The molecule has 1 aliphatic rings. The van der Waals surface area contributed by atoms with Gasteiger partial charge < -0.3 is 10.0 Å². The molecular weight excluding hydrogens is 156 g/mol. The highest BCUT2D eigenvalue weighted by Crippen LogP contribution is 2.17. The van der Waals surface area contributed by atoms with Gasteiger partial charge in [0.25, 0.3) is 0 Å². The van der Waals surface area contributed by atoms with E-state index in [0.29, 0.717) is 6.42 Å². The first-order valence-corrected chi connectivity index (χ1v) is 4.15. The molecule has 1 amide bonds. The summed E-state index contributed by atoms with van der Waals surface area (Å²) in [6, 6.07) is -0.0570. The molecule has 1 saturated heterocycles. The van der Waals surface area contributed by atoms with E-state index in [2.05, 4.69) is 0 Å². The largest absolute Gasteiger partial charge is 0.374 e. The van der Waals surface area contributed by atoms with Crippen molar-refractivity contribution < 1.29 is 9.90 Å². The van der Waals surface area contributed by atoms with Gasteiger partial charge >= 0.3 is 0 Å². The first-order chi connectivity index (χ1) is 5.54. The van der Waals surface area contributed by atoms with Crippen molar-refractivity contribution in [2.75, 3.05) is 21.1 Å². The molecule has 1 N–H and O–H groups in total. The predicted molar refractivity (Wildman–Crippen MR) is 45.5 cm³/mol. The maximum atomic E-state index is 11.5. The van der Waals surface area contributed by atoms with Gasteiger partial charge in [0.15, 0.2) is 0 Å². The van der Waals surface area contributed by atoms with E-state index >= 15 is 0 Å². The van der Waals surface area contributed by atoms with Crippen molar-refractivity contribution in [3.05, 3.63) is 0 Å². The molecule has 70 valence electrons. The predicted octanol–water partition coefficient (Wildman–Crippen LogP) is -0.513. The highest BCUT2D eigenvalue weighted by Gasteiger charge is 2.32. The summed E-state index contributed by atoms with van der Waals surface area (Å²) in [6.07, 6.45) is 0.830. The highest BCUT2D eigenvalue weighted by atomic mass is 16.3. The maximum absolute atomic E-state index is 11.5. The lowest BCUT2D eigenvalue weighted by Crippen LogP contribution is -2.52. The quantitative estimate of drug-likeness (QED) is 0.579. The molecule has 0 saturated carbocycles. The van der Waals surface area contributed by atoms with Crippen molar-refractivity contribution in [2.45, 2.75) is 25.1 Å². The maximum Gasteiger partial charge on any atom is 0.241 e. The number of aliphatic hydroxyl groups is 1. The van der Waals surface area contributed by atoms with E-state index in [0.717, 1.165) is 6.42 Å². The van der Waals surface area contributed by atoms with Gasteiger partial charge in [0.05, 0.1) is 6.04 Å². The fourth-order valence-electron chi connectivity index (χ4n) is 1.49. The molecule has 0 aromatic carbocycles. The van der Waals surface area contributed by atoms with Crippen molar-refractivity contribution in [1.29, 1.82) is 0 Å². The van der Waals surface area contributed by atoms with Crippen LogP contribution < -0.4 is 0 Å². The number of amides is 1. The Balaban J connectivity index is 2.65. The topological polar surface area (TPSA) is 43.8 Å². The van der Waals surface area contributed by atoms with E-state index < -0.39 is 6.23 Å². The third kappa shape index (κ3) is 1.59. The van der Waals surface area contributed by atoms with Crippen molar-refractivity contribution in [1.82, 2.24) is 9.80 Å². The Morgan fingerprint density at radius 1 is 1.50 bits per heavy atom. The molecular formula is C8H16N2O2. The van der Waals surface area contributed by atoms with E-state index in [1.165, 1.54) is 4.90 Å². The minimum absolute atomic E-state index is 0.0127. The number of rotatable bonds is 1. The van der Waals surface area contributed by atoms with Crippen molar-refractivity contribution in [2.24, 2.45) is 0 Å². The summed E-state index contributed by atoms with van der Waals surface area (Å²) >= 11 is 0. The highest BCUT2D eigenvalue weighted by molar-refractivity contribution is 5.82. The van der Waals surface area contributed by atoms with Crippen molar-refractivity contribution in [3.8, 4) is 0 Å². The van der Waals surface area contributed by atoms with Gasteiger partial charge in [-0.2, -0.15) is 0 Å². The van der Waals surface area contributed by atoms with Crippen LogP contribution in [0.25, 0.3) is 0 Å². The first kappa shape index (κ1) is 9.48. The van der Waals surface area contributed by atoms with Crippen LogP contribution in [0.2, 0.25) is 0 Å². The zero-order valence-electron chi connectivity index (χ0n) is 7.82. The van der Waals surface area contributed by atoms with Crippen LogP contribution >= 0.6 is 0 Å². The molecule has 0 aromatic rings. The summed E-state index contributed by atoms with van der Waals surface area (Å²) in [6.45, 7) is 0. The number of piperidine rings is 1. The SMILES string of the molecule is CN(C)[C@H]1CC[C@@H](O)N(C)C1=O. The number of carbonyl (C=O) groups is 1. The summed E-state index contributed by atoms with van der Waals surface area (Å²) in [5, 5.41) is 9.33. The first-order valence-electron chi connectivity index (χ1n) is 4.15. The Morgan fingerprint density at radius 2 is 2.08 bits per heavy atom. The van der Waals surface area contributed by atoms with E-state index in [-0.39, 0.29) is 11.9 Å². The second-order valence-corrected chi connectivity index (χ2v) is 3.49. The summed E-state index contributed by atoms with van der Waals surface area (Å²) in [7, 11) is 5.41. The number of nitrogens with zero attached hydrogens (tertiary/aromatic N) is 2. The van der Waals surface area contributed by atoms with E-state index in [4.69, 9.17) is 0 Å². The smallest absolute Gasteiger partial charge is 0.241 e. The van der Waals surface area contributed by atoms with E-state index in [9.17, 15) is 9.90 Å². The van der Waals surface area contributed by atoms with Gasteiger partial charge in [0, 0.05) is 7.05 Å². The molecule has 4 heteroatoms. The third-order valence-corrected chi connectivity index (χ3v) is 2.40. The Labute approximate surface area is 72.8 Å². The summed E-state index contributed by atoms with van der Waals surface area (Å²) < 4.78 is 0. The molecule has 1 fully saturated rings. The number of aliphatic hydroxyl groups excluding tert-OH is 1. The second-order valence-electron chi connectivity index (χ2n) is 3.49. The van der Waals surface area contributed by atoms with Crippen LogP contribution in [0.4, 0.5) is 0 Å². The van der Waals surface area contributed by atoms with Crippen LogP contribution in [0.15, 0.2) is 0 Å². The molecule has 2 atom stereocenters. The molecule has 0 spiro atoms. The Bertz CT molecular complexity index is 182. The van der Waals surface area contributed by atoms with Crippen LogP contribution in [-0.2, 0) is 4.79 Å². The van der Waals surface area contributed by atoms with Crippen molar-refractivity contribution >= 4 is 5.91 Å². The lowest BCUT2D eigenvalue weighted by Gasteiger charge is -2.36. The van der Waals surface area contributed by atoms with Crippen molar-refractivity contribution in [3.63, 3.8) is 0 Å². The van der Waals surface area contributed by atoms with Gasteiger partial charge in [-0.25, -0.2) is 0 Å². The molecule has 0 bridgehead atoms. The summed E-state index contributed by atoms with van der Waals surface area (Å²) in [5.41, 5.74) is 0. The summed E-state index contributed by atoms with van der Waals surface area (Å²) in [4.78, 5) is 14.8. The van der Waals surface area contributed by atoms with Gasteiger partial charge in [0.1, 0.15) is 6.23 Å². The zero-order chi connectivity index (χ0) is 9.30. The van der Waals surface area contributed by atoms with Crippen LogP contribution in [0.3, 0.4) is 0 Å². The monoisotopic (exact) mass is 172 g/mol. The Hall–Kier alpha value is -0.610. The molecule has 12 heavy (non-hydrogen) atoms. The standard InChI is InChI=1S/C8H16N2O2/c1-9(2)6-4-5-7(11)10(3)8(6)12/h6-7,11H,4-5H2,1-3H3/t6-,7+/m0/s1. The number of hydrogen-bond acceptors (Lipinski definition) is 3. The van der Waals surface area contributed by atoms with Gasteiger partial charge in [-0.3, -0.25) is 9.69 Å². The van der Waals surface area contributed by atoms with Gasteiger partial charge in [-0.15, -0.1) is 0 Å². The number of hydrogen-bond donors (Lipinski definition) is 1. The minimum Gasteiger partial charge on any atom is -0.374 e. The molecule has 0 aliphatic carbocycles. The number of likely N-dealkylation sites (N-methyl/N-ethyl adjacent to an activating group) is 2. The molecule has 1 heterocycles. The van der Waals surface area contributed by atoms with Gasteiger partial charge in [0.2, 0.25) is 5.91 Å². The van der Waals surface area contributed by atoms with Crippen LogP contribution in [-0.4, -0.2) is 54.2 Å². The lowest BCUT2D eigenvalue weighted by atomic mass is 10.0. The number of carbonyl (C=O) groups excluding carboxylic acids is 1. The Morgan fingerprint density at radius 3 is 2.58 bits per heavy atom. The normalized spacial score (nSPS) is 31.4. The fraction of sp³-hybridized carbons (Fsp3) is 0.875.